The monoisotopic (exact) mass is 466 g/mol. The summed E-state index contributed by atoms with van der Waals surface area (Å²) >= 11 is 15.6. The number of ether oxygens (including phenoxy) is 1. The molecule has 1 radical (unpaired) electrons. The van der Waals surface area contributed by atoms with E-state index in [1.54, 1.807) is 30.0 Å². The van der Waals surface area contributed by atoms with Gasteiger partial charge >= 0.3 is 0 Å². The van der Waals surface area contributed by atoms with E-state index in [1.165, 1.54) is 4.91 Å². The van der Waals surface area contributed by atoms with Crippen LogP contribution in [0.25, 0.3) is 0 Å². The predicted molar refractivity (Wildman–Crippen MR) is 99.3 cm³/mol. The molecule has 1 aromatic rings. The molecular formula is C16H19Cl2O2S2Y-. The first kappa shape index (κ1) is 22.1. The second-order valence-corrected chi connectivity index (χ2v) is 8.16. The minimum Gasteiger partial charge on any atom is -0.493 e. The van der Waals surface area contributed by atoms with Crippen LogP contribution < -0.4 is 4.74 Å². The number of aliphatic hydroxyl groups is 1. The van der Waals surface area contributed by atoms with E-state index >= 15 is 0 Å². The molecule has 2 rings (SSSR count). The van der Waals surface area contributed by atoms with E-state index < -0.39 is 0 Å². The molecule has 0 saturated carbocycles. The molecule has 0 unspecified atom stereocenters. The Kier molecular flexibility index (Phi) is 11.2. The van der Waals surface area contributed by atoms with Crippen LogP contribution in [0.1, 0.15) is 6.42 Å². The van der Waals surface area contributed by atoms with Gasteiger partial charge in [-0.05, 0) is 29.5 Å². The predicted octanol–water partition coefficient (Wildman–Crippen LogP) is 4.93. The first-order valence-electron chi connectivity index (χ1n) is 7.07. The fraction of sp³-hybridized carbons (Fsp3) is 0.438. The Morgan fingerprint density at radius 1 is 1.22 bits per heavy atom. The summed E-state index contributed by atoms with van der Waals surface area (Å²) in [6.45, 7) is 4.25. The molecule has 2 atom stereocenters. The van der Waals surface area contributed by atoms with Crippen molar-refractivity contribution in [2.45, 2.75) is 12.5 Å². The average Bonchev–Trinajstić information content (AvgIpc) is 2.81. The van der Waals surface area contributed by atoms with E-state index in [9.17, 15) is 5.11 Å². The average molecular weight is 467 g/mol. The Bertz CT molecular complexity index is 509. The van der Waals surface area contributed by atoms with Crippen LogP contribution in [0.4, 0.5) is 0 Å². The van der Waals surface area contributed by atoms with Crippen molar-refractivity contribution in [1.82, 2.24) is 0 Å². The maximum Gasteiger partial charge on any atom is 0.122 e. The SMILES string of the molecule is [CH2-]CSCCSC1=CC[C@@H](O)[C@@H]1COc1cc(Cl)cc(Cl)c1.[Y]. The van der Waals surface area contributed by atoms with Crippen molar-refractivity contribution < 1.29 is 42.6 Å². The normalized spacial score (nSPS) is 20.1. The maximum atomic E-state index is 10.1. The van der Waals surface area contributed by atoms with E-state index in [2.05, 4.69) is 13.0 Å². The van der Waals surface area contributed by atoms with Gasteiger partial charge in [-0.3, -0.25) is 0 Å². The summed E-state index contributed by atoms with van der Waals surface area (Å²) in [4.78, 5) is 1.21. The molecule has 0 aliphatic heterocycles. The number of aliphatic hydroxyl groups excluding tert-OH is 1. The number of halogens is 2. The van der Waals surface area contributed by atoms with Crippen molar-refractivity contribution in [2.75, 3.05) is 23.9 Å². The minimum absolute atomic E-state index is 0. The molecule has 0 heterocycles. The van der Waals surface area contributed by atoms with Gasteiger partial charge in [0.25, 0.3) is 0 Å². The van der Waals surface area contributed by atoms with Crippen LogP contribution in [0.2, 0.25) is 10.0 Å². The maximum absolute atomic E-state index is 10.1. The van der Waals surface area contributed by atoms with Crippen LogP contribution in [0, 0.1) is 12.8 Å². The van der Waals surface area contributed by atoms with E-state index in [0.717, 1.165) is 17.3 Å². The molecule has 0 aromatic heterocycles. The zero-order valence-electron chi connectivity index (χ0n) is 12.7. The Balaban J connectivity index is 0.00000264. The first-order valence-corrected chi connectivity index (χ1v) is 9.96. The fourth-order valence-corrected chi connectivity index (χ4v) is 4.62. The van der Waals surface area contributed by atoms with Crippen molar-refractivity contribution in [3.8, 4) is 5.75 Å². The van der Waals surface area contributed by atoms with Crippen LogP contribution in [0.5, 0.6) is 5.75 Å². The summed E-state index contributed by atoms with van der Waals surface area (Å²) < 4.78 is 5.78. The Labute approximate surface area is 182 Å². The molecule has 1 aliphatic rings. The topological polar surface area (TPSA) is 29.5 Å². The molecule has 0 bridgehead atoms. The van der Waals surface area contributed by atoms with Gasteiger partial charge in [0.2, 0.25) is 0 Å². The van der Waals surface area contributed by atoms with Crippen LogP contribution in [-0.2, 0) is 32.7 Å². The summed E-state index contributed by atoms with van der Waals surface area (Å²) in [5, 5.41) is 11.2. The van der Waals surface area contributed by atoms with Gasteiger partial charge < -0.3 is 16.8 Å². The van der Waals surface area contributed by atoms with Crippen molar-refractivity contribution >= 4 is 46.7 Å². The standard InChI is InChI=1S/C16H19Cl2O2S2.Y/c1-2-21-5-6-22-16-4-3-15(19)14(16)10-20-13-8-11(17)7-12(18)9-13;/h4,7-9,14-15,19H,1-3,5-6,10H2;/q-1;/t14-,15+;/m0./s1. The van der Waals surface area contributed by atoms with E-state index in [0.29, 0.717) is 28.8 Å². The largest absolute Gasteiger partial charge is 0.493 e. The van der Waals surface area contributed by atoms with Gasteiger partial charge in [0.1, 0.15) is 5.75 Å². The zero-order valence-corrected chi connectivity index (χ0v) is 18.7. The van der Waals surface area contributed by atoms with E-state index in [4.69, 9.17) is 27.9 Å². The van der Waals surface area contributed by atoms with Gasteiger partial charge in [-0.2, -0.15) is 11.8 Å². The van der Waals surface area contributed by atoms with Gasteiger partial charge in [0.05, 0.1) is 18.6 Å². The molecule has 125 valence electrons. The van der Waals surface area contributed by atoms with Crippen LogP contribution in [-0.4, -0.2) is 35.1 Å². The van der Waals surface area contributed by atoms with Gasteiger partial charge in [0, 0.05) is 54.3 Å². The quantitative estimate of drug-likeness (QED) is 0.434. The fourth-order valence-electron chi connectivity index (χ4n) is 2.22. The molecule has 0 fully saturated rings. The van der Waals surface area contributed by atoms with Gasteiger partial charge in [-0.15, -0.1) is 17.5 Å². The molecule has 23 heavy (non-hydrogen) atoms. The van der Waals surface area contributed by atoms with Crippen LogP contribution in [0.3, 0.4) is 0 Å². The van der Waals surface area contributed by atoms with Crippen molar-refractivity contribution in [3.63, 3.8) is 0 Å². The van der Waals surface area contributed by atoms with Crippen LogP contribution >= 0.6 is 46.7 Å². The Morgan fingerprint density at radius 2 is 1.91 bits per heavy atom. The zero-order chi connectivity index (χ0) is 15.9. The summed E-state index contributed by atoms with van der Waals surface area (Å²) in [7, 11) is 0. The Hall–Kier alpha value is 1.10. The number of thioether (sulfide) groups is 2. The second-order valence-electron chi connectivity index (χ2n) is 4.89. The molecule has 2 nitrogen and oxygen atoms in total. The third kappa shape index (κ3) is 7.47. The number of rotatable bonds is 8. The smallest absolute Gasteiger partial charge is 0.122 e. The van der Waals surface area contributed by atoms with Gasteiger partial charge in [-0.1, -0.05) is 29.3 Å². The summed E-state index contributed by atoms with van der Waals surface area (Å²) in [6.07, 6.45) is 2.43. The minimum atomic E-state index is -0.377. The van der Waals surface area contributed by atoms with Crippen LogP contribution in [0.15, 0.2) is 29.2 Å². The number of hydrogen-bond acceptors (Lipinski definition) is 4. The van der Waals surface area contributed by atoms with Crippen molar-refractivity contribution in [2.24, 2.45) is 5.92 Å². The van der Waals surface area contributed by atoms with E-state index in [1.807, 2.05) is 11.8 Å². The van der Waals surface area contributed by atoms with Gasteiger partial charge in [0.15, 0.2) is 0 Å². The summed E-state index contributed by atoms with van der Waals surface area (Å²) in [5.74, 6) is 3.64. The summed E-state index contributed by atoms with van der Waals surface area (Å²) in [5.41, 5.74) is 0. The molecule has 1 aliphatic carbocycles. The Morgan fingerprint density at radius 3 is 2.57 bits per heavy atom. The van der Waals surface area contributed by atoms with E-state index in [-0.39, 0.29) is 44.7 Å². The molecule has 0 amide bonds. The van der Waals surface area contributed by atoms with Crippen molar-refractivity contribution in [1.29, 1.82) is 0 Å². The third-order valence-electron chi connectivity index (χ3n) is 3.30. The number of hydrogen-bond donors (Lipinski definition) is 1. The molecule has 7 heteroatoms. The molecular weight excluding hydrogens is 448 g/mol. The van der Waals surface area contributed by atoms with Gasteiger partial charge in [-0.25, -0.2) is 0 Å². The molecule has 1 N–H and O–H groups in total. The second kappa shape index (κ2) is 11.7. The molecule has 1 aromatic carbocycles. The molecule has 0 spiro atoms. The third-order valence-corrected chi connectivity index (χ3v) is 5.98. The number of benzene rings is 1. The van der Waals surface area contributed by atoms with Crippen molar-refractivity contribution in [3.05, 3.63) is 46.1 Å². The first-order chi connectivity index (χ1) is 10.6. The molecule has 0 saturated heterocycles. The summed E-state index contributed by atoms with van der Waals surface area (Å²) in [6, 6.07) is 5.13.